The lowest BCUT2D eigenvalue weighted by Crippen LogP contribution is -1.98. The molecule has 2 aromatic carbocycles. The van der Waals surface area contributed by atoms with Crippen LogP contribution in [0.15, 0.2) is 40.9 Å². The Morgan fingerprint density at radius 2 is 1.72 bits per heavy atom. The van der Waals surface area contributed by atoms with E-state index in [0.29, 0.717) is 6.61 Å². The summed E-state index contributed by atoms with van der Waals surface area (Å²) in [6, 6.07) is 10.9. The minimum absolute atomic E-state index is 0.267. The van der Waals surface area contributed by atoms with Crippen molar-refractivity contribution < 1.29 is 9.13 Å². The van der Waals surface area contributed by atoms with Crippen LogP contribution >= 0.6 is 15.9 Å². The average molecular weight is 309 g/mol. The lowest BCUT2D eigenvalue weighted by Gasteiger charge is -2.09. The number of rotatable bonds is 3. The van der Waals surface area contributed by atoms with Crippen molar-refractivity contribution in [3.63, 3.8) is 0 Å². The Hall–Kier alpha value is -1.35. The number of hydrogen-bond acceptors (Lipinski definition) is 1. The number of aryl methyl sites for hydroxylation is 2. The molecule has 0 spiro atoms. The summed E-state index contributed by atoms with van der Waals surface area (Å²) in [5.41, 5.74) is 3.42. The van der Waals surface area contributed by atoms with Crippen molar-refractivity contribution in [2.24, 2.45) is 0 Å². The fraction of sp³-hybridized carbons (Fsp3) is 0.200. The molecule has 0 unspecified atom stereocenters. The van der Waals surface area contributed by atoms with E-state index in [1.807, 2.05) is 26.0 Å². The highest BCUT2D eigenvalue weighted by Gasteiger charge is 2.04. The molecule has 0 saturated carbocycles. The Morgan fingerprint density at radius 3 is 2.39 bits per heavy atom. The summed E-state index contributed by atoms with van der Waals surface area (Å²) in [6.07, 6.45) is 0. The van der Waals surface area contributed by atoms with Gasteiger partial charge in [-0.2, -0.15) is 0 Å². The third-order valence-electron chi connectivity index (χ3n) is 2.57. The van der Waals surface area contributed by atoms with Gasteiger partial charge in [0.15, 0.2) is 11.6 Å². The van der Waals surface area contributed by atoms with E-state index in [2.05, 4.69) is 22.0 Å². The smallest absolute Gasteiger partial charge is 0.165 e. The summed E-state index contributed by atoms with van der Waals surface area (Å²) in [5.74, 6) is -0.0777. The van der Waals surface area contributed by atoms with Crippen molar-refractivity contribution in [1.82, 2.24) is 0 Å². The molecule has 0 saturated heterocycles. The van der Waals surface area contributed by atoms with Crippen LogP contribution < -0.4 is 4.74 Å². The van der Waals surface area contributed by atoms with Crippen LogP contribution in [0.3, 0.4) is 0 Å². The molecule has 1 nitrogen and oxygen atoms in total. The second-order valence-electron chi connectivity index (χ2n) is 4.36. The average Bonchev–Trinajstić information content (AvgIpc) is 2.29. The first kappa shape index (κ1) is 13.1. The fourth-order valence-electron chi connectivity index (χ4n) is 1.90. The van der Waals surface area contributed by atoms with Gasteiger partial charge in [0.25, 0.3) is 0 Å². The Labute approximate surface area is 115 Å². The van der Waals surface area contributed by atoms with Crippen LogP contribution in [0.5, 0.6) is 5.75 Å². The predicted molar refractivity (Wildman–Crippen MR) is 74.3 cm³/mol. The largest absolute Gasteiger partial charge is 0.486 e. The van der Waals surface area contributed by atoms with Crippen LogP contribution in [0.2, 0.25) is 0 Å². The fourth-order valence-corrected chi connectivity index (χ4v) is 2.24. The highest BCUT2D eigenvalue weighted by atomic mass is 79.9. The first-order chi connectivity index (χ1) is 8.54. The molecule has 18 heavy (non-hydrogen) atoms. The van der Waals surface area contributed by atoms with Crippen molar-refractivity contribution in [2.75, 3.05) is 0 Å². The molecular formula is C15H14BrFO. The van der Waals surface area contributed by atoms with Crippen molar-refractivity contribution >= 4 is 15.9 Å². The second kappa shape index (κ2) is 5.53. The normalized spacial score (nSPS) is 10.4. The van der Waals surface area contributed by atoms with E-state index >= 15 is 0 Å². The molecule has 0 amide bonds. The third kappa shape index (κ3) is 3.33. The van der Waals surface area contributed by atoms with Crippen LogP contribution in [0.4, 0.5) is 4.39 Å². The monoisotopic (exact) mass is 308 g/mol. The maximum atomic E-state index is 13.5. The number of benzene rings is 2. The van der Waals surface area contributed by atoms with Crippen molar-refractivity contribution in [3.05, 3.63) is 63.4 Å². The van der Waals surface area contributed by atoms with Gasteiger partial charge in [0, 0.05) is 4.47 Å². The van der Waals surface area contributed by atoms with E-state index in [4.69, 9.17) is 4.74 Å². The summed E-state index contributed by atoms with van der Waals surface area (Å²) in [7, 11) is 0. The van der Waals surface area contributed by atoms with E-state index < -0.39 is 0 Å². The minimum atomic E-state index is -0.345. The summed E-state index contributed by atoms with van der Waals surface area (Å²) >= 11 is 3.30. The van der Waals surface area contributed by atoms with Crippen LogP contribution in [0, 0.1) is 19.7 Å². The zero-order chi connectivity index (χ0) is 13.1. The summed E-state index contributed by atoms with van der Waals surface area (Å²) in [5, 5.41) is 0. The van der Waals surface area contributed by atoms with Crippen molar-refractivity contribution in [2.45, 2.75) is 20.5 Å². The van der Waals surface area contributed by atoms with Gasteiger partial charge in [-0.3, -0.25) is 0 Å². The molecule has 0 aliphatic rings. The van der Waals surface area contributed by atoms with E-state index in [-0.39, 0.29) is 11.6 Å². The van der Waals surface area contributed by atoms with E-state index in [1.54, 1.807) is 12.1 Å². The maximum absolute atomic E-state index is 13.5. The summed E-state index contributed by atoms with van der Waals surface area (Å²) in [4.78, 5) is 0. The van der Waals surface area contributed by atoms with Gasteiger partial charge in [0.1, 0.15) is 6.61 Å². The van der Waals surface area contributed by atoms with Gasteiger partial charge in [-0.05, 0) is 37.6 Å². The SMILES string of the molecule is Cc1cc(C)cc(COc2cc(Br)ccc2F)c1. The first-order valence-corrected chi connectivity index (χ1v) is 6.49. The van der Waals surface area contributed by atoms with Gasteiger partial charge in [-0.15, -0.1) is 0 Å². The molecule has 0 radical (unpaired) electrons. The number of ether oxygens (including phenoxy) is 1. The molecule has 0 heterocycles. The van der Waals surface area contributed by atoms with Crippen LogP contribution in [0.25, 0.3) is 0 Å². The first-order valence-electron chi connectivity index (χ1n) is 5.69. The maximum Gasteiger partial charge on any atom is 0.165 e. The van der Waals surface area contributed by atoms with Crippen LogP contribution in [0.1, 0.15) is 16.7 Å². The van der Waals surface area contributed by atoms with Gasteiger partial charge in [0.05, 0.1) is 0 Å². The lowest BCUT2D eigenvalue weighted by atomic mass is 10.1. The van der Waals surface area contributed by atoms with Gasteiger partial charge >= 0.3 is 0 Å². The summed E-state index contributed by atoms with van der Waals surface area (Å²) < 4.78 is 19.8. The zero-order valence-corrected chi connectivity index (χ0v) is 11.9. The molecule has 2 rings (SSSR count). The molecule has 0 atom stereocenters. The van der Waals surface area contributed by atoms with Crippen LogP contribution in [-0.4, -0.2) is 0 Å². The molecule has 0 aliphatic carbocycles. The van der Waals surface area contributed by atoms with E-state index in [0.717, 1.165) is 10.0 Å². The summed E-state index contributed by atoms with van der Waals surface area (Å²) in [6.45, 7) is 4.45. The number of halogens is 2. The highest BCUT2D eigenvalue weighted by molar-refractivity contribution is 9.10. The third-order valence-corrected chi connectivity index (χ3v) is 3.06. The topological polar surface area (TPSA) is 9.23 Å². The van der Waals surface area contributed by atoms with Crippen molar-refractivity contribution in [3.8, 4) is 5.75 Å². The Morgan fingerprint density at radius 1 is 1.06 bits per heavy atom. The zero-order valence-electron chi connectivity index (χ0n) is 10.3. The molecule has 0 aliphatic heterocycles. The minimum Gasteiger partial charge on any atom is -0.486 e. The molecule has 0 N–H and O–H groups in total. The quantitative estimate of drug-likeness (QED) is 0.792. The molecule has 3 heteroatoms. The van der Waals surface area contributed by atoms with Crippen LogP contribution in [-0.2, 0) is 6.61 Å². The predicted octanol–water partition coefficient (Wildman–Crippen LogP) is 4.78. The molecule has 0 aromatic heterocycles. The highest BCUT2D eigenvalue weighted by Crippen LogP contribution is 2.23. The van der Waals surface area contributed by atoms with Gasteiger partial charge in [0.2, 0.25) is 0 Å². The molecule has 0 bridgehead atoms. The standard InChI is InChI=1S/C15H14BrFO/c1-10-5-11(2)7-12(6-10)9-18-15-8-13(16)3-4-14(15)17/h3-8H,9H2,1-2H3. The second-order valence-corrected chi connectivity index (χ2v) is 5.28. The van der Waals surface area contributed by atoms with Gasteiger partial charge in [-0.1, -0.05) is 45.3 Å². The lowest BCUT2D eigenvalue weighted by molar-refractivity contribution is 0.290. The van der Waals surface area contributed by atoms with E-state index in [1.165, 1.54) is 17.2 Å². The number of hydrogen-bond donors (Lipinski definition) is 0. The molecule has 0 fully saturated rings. The molecule has 94 valence electrons. The van der Waals surface area contributed by atoms with E-state index in [9.17, 15) is 4.39 Å². The molecular weight excluding hydrogens is 295 g/mol. The Balaban J connectivity index is 2.13. The van der Waals surface area contributed by atoms with Crippen molar-refractivity contribution in [1.29, 1.82) is 0 Å². The molecule has 2 aromatic rings. The Bertz CT molecular complexity index is 546. The Kier molecular flexibility index (Phi) is 4.02. The van der Waals surface area contributed by atoms with Gasteiger partial charge in [-0.25, -0.2) is 4.39 Å². The van der Waals surface area contributed by atoms with Gasteiger partial charge < -0.3 is 4.74 Å².